The highest BCUT2D eigenvalue weighted by atomic mass is 16.4. The van der Waals surface area contributed by atoms with Crippen molar-refractivity contribution in [2.24, 2.45) is 5.41 Å². The summed E-state index contributed by atoms with van der Waals surface area (Å²) in [6.45, 7) is 5.02. The van der Waals surface area contributed by atoms with E-state index in [0.29, 0.717) is 5.41 Å². The van der Waals surface area contributed by atoms with E-state index >= 15 is 0 Å². The number of likely N-dealkylation sites (tertiary alicyclic amines) is 1. The molecule has 1 heterocycles. The first-order valence-corrected chi connectivity index (χ1v) is 7.22. The van der Waals surface area contributed by atoms with Crippen molar-refractivity contribution in [2.75, 3.05) is 19.6 Å². The standard InChI is InChI=1S/C15H25NO2/c1-13(11-14(17)18)12-16-9-7-15(8-10-16)5-3-2-4-6-15/h11H,2-10,12H2,1H3,(H,17,18). The Kier molecular flexibility index (Phi) is 4.44. The second-order valence-electron chi connectivity index (χ2n) is 6.17. The number of rotatable bonds is 3. The van der Waals surface area contributed by atoms with Crippen molar-refractivity contribution in [3.05, 3.63) is 11.6 Å². The molecule has 0 aromatic carbocycles. The molecule has 102 valence electrons. The molecule has 1 N–H and O–H groups in total. The summed E-state index contributed by atoms with van der Waals surface area (Å²) in [6.07, 6.45) is 11.1. The molecular formula is C15H25NO2. The monoisotopic (exact) mass is 251 g/mol. The molecule has 1 saturated heterocycles. The molecule has 3 nitrogen and oxygen atoms in total. The average Bonchev–Trinajstić information content (AvgIpc) is 2.33. The Morgan fingerprint density at radius 2 is 1.78 bits per heavy atom. The van der Waals surface area contributed by atoms with Crippen LogP contribution in [0.3, 0.4) is 0 Å². The number of hydrogen-bond donors (Lipinski definition) is 1. The Balaban J connectivity index is 1.81. The Hall–Kier alpha value is -0.830. The average molecular weight is 251 g/mol. The zero-order chi connectivity index (χ0) is 13.0. The van der Waals surface area contributed by atoms with Crippen molar-refractivity contribution < 1.29 is 9.90 Å². The summed E-state index contributed by atoms with van der Waals surface area (Å²) in [5.41, 5.74) is 1.60. The summed E-state index contributed by atoms with van der Waals surface area (Å²) < 4.78 is 0. The fourth-order valence-electron chi connectivity index (χ4n) is 3.60. The number of carboxylic acids is 1. The second-order valence-corrected chi connectivity index (χ2v) is 6.17. The van der Waals surface area contributed by atoms with E-state index in [2.05, 4.69) is 4.90 Å². The van der Waals surface area contributed by atoms with Gasteiger partial charge in [-0.2, -0.15) is 0 Å². The Bertz CT molecular complexity index is 319. The largest absolute Gasteiger partial charge is 0.478 e. The van der Waals surface area contributed by atoms with Gasteiger partial charge in [0.2, 0.25) is 0 Å². The van der Waals surface area contributed by atoms with Crippen molar-refractivity contribution >= 4 is 5.97 Å². The van der Waals surface area contributed by atoms with Gasteiger partial charge in [-0.25, -0.2) is 4.79 Å². The van der Waals surface area contributed by atoms with Crippen LogP contribution in [0.5, 0.6) is 0 Å². The Morgan fingerprint density at radius 1 is 1.17 bits per heavy atom. The predicted octanol–water partition coefficient (Wildman–Crippen LogP) is 3.06. The molecule has 2 aliphatic rings. The van der Waals surface area contributed by atoms with Crippen LogP contribution in [0.25, 0.3) is 0 Å². The number of aliphatic carboxylic acids is 1. The summed E-state index contributed by atoms with van der Waals surface area (Å²) in [5, 5.41) is 8.72. The minimum absolute atomic E-state index is 0.638. The maximum atomic E-state index is 10.6. The van der Waals surface area contributed by atoms with E-state index in [9.17, 15) is 4.79 Å². The molecule has 1 spiro atoms. The molecule has 1 aliphatic carbocycles. The van der Waals surface area contributed by atoms with Gasteiger partial charge in [0.05, 0.1) is 0 Å². The van der Waals surface area contributed by atoms with E-state index in [0.717, 1.165) is 25.2 Å². The predicted molar refractivity (Wildman–Crippen MR) is 72.6 cm³/mol. The highest BCUT2D eigenvalue weighted by Gasteiger charge is 2.35. The molecular weight excluding hydrogens is 226 g/mol. The zero-order valence-corrected chi connectivity index (χ0v) is 11.5. The van der Waals surface area contributed by atoms with Gasteiger partial charge in [0, 0.05) is 12.6 Å². The van der Waals surface area contributed by atoms with E-state index in [1.54, 1.807) is 0 Å². The molecule has 18 heavy (non-hydrogen) atoms. The topological polar surface area (TPSA) is 40.5 Å². The first-order valence-electron chi connectivity index (χ1n) is 7.22. The van der Waals surface area contributed by atoms with Gasteiger partial charge in [-0.1, -0.05) is 24.8 Å². The summed E-state index contributed by atoms with van der Waals surface area (Å²) in [7, 11) is 0. The van der Waals surface area contributed by atoms with Crippen LogP contribution < -0.4 is 0 Å². The minimum Gasteiger partial charge on any atom is -0.478 e. The lowest BCUT2D eigenvalue weighted by molar-refractivity contribution is -0.131. The lowest BCUT2D eigenvalue weighted by Gasteiger charge is -2.44. The summed E-state index contributed by atoms with van der Waals surface area (Å²) >= 11 is 0. The van der Waals surface area contributed by atoms with Gasteiger partial charge in [0.25, 0.3) is 0 Å². The maximum Gasteiger partial charge on any atom is 0.328 e. The molecule has 1 aliphatic heterocycles. The second kappa shape index (κ2) is 5.87. The SMILES string of the molecule is CC(=CC(=O)O)CN1CCC2(CCCCC2)CC1. The Labute approximate surface area is 110 Å². The quantitative estimate of drug-likeness (QED) is 0.784. The van der Waals surface area contributed by atoms with Crippen LogP contribution in [0.1, 0.15) is 51.9 Å². The van der Waals surface area contributed by atoms with Gasteiger partial charge >= 0.3 is 5.97 Å². The lowest BCUT2D eigenvalue weighted by Crippen LogP contribution is -2.41. The fourth-order valence-corrected chi connectivity index (χ4v) is 3.60. The van der Waals surface area contributed by atoms with Crippen molar-refractivity contribution in [2.45, 2.75) is 51.9 Å². The first-order chi connectivity index (χ1) is 8.60. The van der Waals surface area contributed by atoms with Gasteiger partial charge in [0.15, 0.2) is 0 Å². The maximum absolute atomic E-state index is 10.6. The molecule has 0 amide bonds. The van der Waals surface area contributed by atoms with Crippen molar-refractivity contribution in [1.29, 1.82) is 0 Å². The van der Waals surface area contributed by atoms with Gasteiger partial charge in [-0.15, -0.1) is 0 Å². The molecule has 0 radical (unpaired) electrons. The molecule has 2 fully saturated rings. The van der Waals surface area contributed by atoms with Crippen molar-refractivity contribution in [3.8, 4) is 0 Å². The first kappa shape index (κ1) is 13.6. The van der Waals surface area contributed by atoms with Crippen LogP contribution >= 0.6 is 0 Å². The third kappa shape index (κ3) is 3.58. The fraction of sp³-hybridized carbons (Fsp3) is 0.800. The number of nitrogens with zero attached hydrogens (tertiary/aromatic N) is 1. The molecule has 0 aromatic rings. The molecule has 0 unspecified atom stereocenters. The van der Waals surface area contributed by atoms with Crippen LogP contribution in [-0.4, -0.2) is 35.6 Å². The molecule has 1 saturated carbocycles. The number of carbonyl (C=O) groups is 1. The number of carboxylic acid groups (broad SMARTS) is 1. The van der Waals surface area contributed by atoms with Crippen LogP contribution in [0, 0.1) is 5.41 Å². The van der Waals surface area contributed by atoms with Gasteiger partial charge in [-0.05, 0) is 51.1 Å². The molecule has 0 bridgehead atoms. The smallest absolute Gasteiger partial charge is 0.328 e. The molecule has 0 atom stereocenters. The van der Waals surface area contributed by atoms with Crippen molar-refractivity contribution in [3.63, 3.8) is 0 Å². The number of hydrogen-bond acceptors (Lipinski definition) is 2. The highest BCUT2D eigenvalue weighted by Crippen LogP contribution is 2.44. The van der Waals surface area contributed by atoms with Crippen LogP contribution in [0.4, 0.5) is 0 Å². The van der Waals surface area contributed by atoms with Gasteiger partial charge in [0.1, 0.15) is 0 Å². The third-order valence-corrected chi connectivity index (χ3v) is 4.67. The molecule has 0 aromatic heterocycles. The third-order valence-electron chi connectivity index (χ3n) is 4.67. The van der Waals surface area contributed by atoms with Crippen LogP contribution in [0.2, 0.25) is 0 Å². The molecule has 3 heteroatoms. The van der Waals surface area contributed by atoms with Crippen molar-refractivity contribution in [1.82, 2.24) is 4.90 Å². The van der Waals surface area contributed by atoms with E-state index < -0.39 is 5.97 Å². The Morgan fingerprint density at radius 3 is 2.33 bits per heavy atom. The lowest BCUT2D eigenvalue weighted by atomic mass is 9.68. The number of piperidine rings is 1. The van der Waals surface area contributed by atoms with Crippen LogP contribution in [0.15, 0.2) is 11.6 Å². The summed E-state index contributed by atoms with van der Waals surface area (Å²) in [5.74, 6) is -0.826. The van der Waals surface area contributed by atoms with Gasteiger partial charge < -0.3 is 5.11 Å². The highest BCUT2D eigenvalue weighted by molar-refractivity contribution is 5.80. The van der Waals surface area contributed by atoms with E-state index in [1.807, 2.05) is 6.92 Å². The normalized spacial score (nSPS) is 25.3. The summed E-state index contributed by atoms with van der Waals surface area (Å²) in [4.78, 5) is 13.0. The minimum atomic E-state index is -0.826. The zero-order valence-electron chi connectivity index (χ0n) is 11.5. The van der Waals surface area contributed by atoms with E-state index in [-0.39, 0.29) is 0 Å². The van der Waals surface area contributed by atoms with Crippen LogP contribution in [-0.2, 0) is 4.79 Å². The molecule has 2 rings (SSSR count). The van der Waals surface area contributed by atoms with E-state index in [1.165, 1.54) is 51.0 Å². The summed E-state index contributed by atoms with van der Waals surface area (Å²) in [6, 6.07) is 0. The van der Waals surface area contributed by atoms with E-state index in [4.69, 9.17) is 5.11 Å². The van der Waals surface area contributed by atoms with Gasteiger partial charge in [-0.3, -0.25) is 4.90 Å².